The van der Waals surface area contributed by atoms with Crippen LogP contribution in [0.15, 0.2) is 24.3 Å². The van der Waals surface area contributed by atoms with Crippen molar-refractivity contribution in [1.82, 2.24) is 4.90 Å². The maximum atomic E-state index is 8.92. The lowest BCUT2D eigenvalue weighted by Crippen LogP contribution is -2.35. The van der Waals surface area contributed by atoms with Crippen LogP contribution < -0.4 is 4.74 Å². The third-order valence-electron chi connectivity index (χ3n) is 3.34. The molecule has 0 aliphatic rings. The molecule has 3 heteroatoms. The summed E-state index contributed by atoms with van der Waals surface area (Å²) in [5.74, 6) is 0.961. The van der Waals surface area contributed by atoms with E-state index in [0.29, 0.717) is 6.04 Å². The van der Waals surface area contributed by atoms with Gasteiger partial charge in [-0.2, -0.15) is 0 Å². The quantitative estimate of drug-likeness (QED) is 0.769. The Hall–Kier alpha value is -1.06. The second-order valence-electron chi connectivity index (χ2n) is 4.57. The van der Waals surface area contributed by atoms with E-state index >= 15 is 0 Å². The number of methoxy groups -OCH3 is 1. The van der Waals surface area contributed by atoms with Gasteiger partial charge in [-0.3, -0.25) is 0 Å². The normalized spacial score (nSPS) is 12.7. The van der Waals surface area contributed by atoms with Gasteiger partial charge in [0.2, 0.25) is 0 Å². The summed E-state index contributed by atoms with van der Waals surface area (Å²) in [6, 6.07) is 8.63. The Bertz CT molecular complexity index is 341. The number of para-hydroxylation sites is 1. The minimum absolute atomic E-state index is 0.262. The molecule has 1 atom stereocenters. The van der Waals surface area contributed by atoms with Gasteiger partial charge in [0, 0.05) is 19.2 Å². The molecule has 0 heterocycles. The van der Waals surface area contributed by atoms with Crippen LogP contribution in [0.4, 0.5) is 0 Å². The lowest BCUT2D eigenvalue weighted by molar-refractivity contribution is 0.189. The molecule has 0 aromatic heterocycles. The number of nitrogens with zero attached hydrogens (tertiary/aromatic N) is 1. The van der Waals surface area contributed by atoms with Crippen molar-refractivity contribution in [2.24, 2.45) is 0 Å². The van der Waals surface area contributed by atoms with E-state index in [1.807, 2.05) is 12.1 Å². The van der Waals surface area contributed by atoms with Crippen LogP contribution in [0.3, 0.4) is 0 Å². The molecule has 0 bridgehead atoms. The van der Waals surface area contributed by atoms with Crippen molar-refractivity contribution >= 4 is 0 Å². The lowest BCUT2D eigenvalue weighted by atomic mass is 10.0. The van der Waals surface area contributed by atoms with Gasteiger partial charge >= 0.3 is 0 Å². The number of rotatable bonds is 8. The zero-order valence-electron chi connectivity index (χ0n) is 11.7. The Morgan fingerprint density at radius 1 is 1.33 bits per heavy atom. The van der Waals surface area contributed by atoms with E-state index in [1.165, 1.54) is 5.56 Å². The highest BCUT2D eigenvalue weighted by atomic mass is 16.5. The van der Waals surface area contributed by atoms with Gasteiger partial charge in [-0.15, -0.1) is 0 Å². The van der Waals surface area contributed by atoms with Gasteiger partial charge in [0.15, 0.2) is 0 Å². The van der Waals surface area contributed by atoms with Gasteiger partial charge in [-0.05, 0) is 37.9 Å². The molecule has 1 aromatic carbocycles. The first-order valence-corrected chi connectivity index (χ1v) is 6.69. The van der Waals surface area contributed by atoms with Crippen molar-refractivity contribution < 1.29 is 9.84 Å². The number of benzene rings is 1. The van der Waals surface area contributed by atoms with E-state index in [-0.39, 0.29) is 6.61 Å². The van der Waals surface area contributed by atoms with Crippen LogP contribution in [0.25, 0.3) is 0 Å². The lowest BCUT2D eigenvalue weighted by Gasteiger charge is -2.28. The fourth-order valence-electron chi connectivity index (χ4n) is 2.28. The summed E-state index contributed by atoms with van der Waals surface area (Å²) >= 11 is 0. The summed E-state index contributed by atoms with van der Waals surface area (Å²) in [5, 5.41) is 8.92. The molecule has 0 radical (unpaired) electrons. The number of hydrogen-bond donors (Lipinski definition) is 1. The summed E-state index contributed by atoms with van der Waals surface area (Å²) < 4.78 is 5.38. The topological polar surface area (TPSA) is 32.7 Å². The zero-order chi connectivity index (χ0) is 13.4. The minimum atomic E-state index is 0.262. The molecule has 1 unspecified atom stereocenters. The molecule has 0 saturated carbocycles. The van der Waals surface area contributed by atoms with Crippen LogP contribution >= 0.6 is 0 Å². The fourth-order valence-corrected chi connectivity index (χ4v) is 2.28. The highest BCUT2D eigenvalue weighted by Gasteiger charge is 2.14. The summed E-state index contributed by atoms with van der Waals surface area (Å²) in [5.41, 5.74) is 1.25. The molecule has 1 rings (SSSR count). The Kier molecular flexibility index (Phi) is 6.76. The van der Waals surface area contributed by atoms with Crippen molar-refractivity contribution in [2.45, 2.75) is 32.7 Å². The van der Waals surface area contributed by atoms with Gasteiger partial charge in [-0.1, -0.05) is 25.1 Å². The summed E-state index contributed by atoms with van der Waals surface area (Å²) in [6.45, 7) is 6.61. The molecule has 1 aromatic rings. The van der Waals surface area contributed by atoms with Gasteiger partial charge in [0.05, 0.1) is 7.11 Å². The second kappa shape index (κ2) is 8.11. The third kappa shape index (κ3) is 4.31. The predicted molar refractivity (Wildman–Crippen MR) is 75.1 cm³/mol. The Morgan fingerprint density at radius 2 is 2.06 bits per heavy atom. The fraction of sp³-hybridized carbons (Fsp3) is 0.600. The highest BCUT2D eigenvalue weighted by Crippen LogP contribution is 2.20. The number of likely N-dealkylation sites (N-methyl/N-ethyl adjacent to an activating group) is 1. The van der Waals surface area contributed by atoms with Gasteiger partial charge in [0.25, 0.3) is 0 Å². The zero-order valence-corrected chi connectivity index (χ0v) is 11.7. The average Bonchev–Trinajstić information content (AvgIpc) is 2.40. The molecule has 0 saturated heterocycles. The van der Waals surface area contributed by atoms with E-state index in [1.54, 1.807) is 7.11 Å². The Labute approximate surface area is 110 Å². The minimum Gasteiger partial charge on any atom is -0.496 e. The molecule has 0 aliphatic heterocycles. The monoisotopic (exact) mass is 251 g/mol. The van der Waals surface area contributed by atoms with E-state index in [9.17, 15) is 0 Å². The predicted octanol–water partition coefficient (Wildman–Crippen LogP) is 2.33. The van der Waals surface area contributed by atoms with E-state index in [4.69, 9.17) is 9.84 Å². The van der Waals surface area contributed by atoms with Crippen LogP contribution in [0.5, 0.6) is 5.75 Å². The second-order valence-corrected chi connectivity index (χ2v) is 4.57. The molecule has 1 N–H and O–H groups in total. The average molecular weight is 251 g/mol. The molecule has 0 fully saturated rings. The molecule has 0 amide bonds. The maximum absolute atomic E-state index is 8.92. The van der Waals surface area contributed by atoms with E-state index < -0.39 is 0 Å². The summed E-state index contributed by atoms with van der Waals surface area (Å²) in [4.78, 5) is 2.39. The molecular weight excluding hydrogens is 226 g/mol. The van der Waals surface area contributed by atoms with Crippen molar-refractivity contribution in [3.8, 4) is 5.75 Å². The van der Waals surface area contributed by atoms with Crippen molar-refractivity contribution in [3.05, 3.63) is 29.8 Å². The number of aliphatic hydroxyl groups excluding tert-OH is 1. The molecular formula is C15H25NO2. The van der Waals surface area contributed by atoms with Gasteiger partial charge < -0.3 is 14.7 Å². The van der Waals surface area contributed by atoms with Crippen LogP contribution in [0.1, 0.15) is 25.8 Å². The van der Waals surface area contributed by atoms with Gasteiger partial charge in [-0.25, -0.2) is 0 Å². The molecule has 0 aliphatic carbocycles. The highest BCUT2D eigenvalue weighted by molar-refractivity contribution is 5.33. The van der Waals surface area contributed by atoms with Crippen LogP contribution in [0.2, 0.25) is 0 Å². The summed E-state index contributed by atoms with van der Waals surface area (Å²) in [6.07, 6.45) is 1.81. The van der Waals surface area contributed by atoms with Crippen LogP contribution in [0, 0.1) is 0 Å². The smallest absolute Gasteiger partial charge is 0.122 e. The largest absolute Gasteiger partial charge is 0.496 e. The first kappa shape index (κ1) is 15.0. The molecule has 0 spiro atoms. The first-order valence-electron chi connectivity index (χ1n) is 6.69. The van der Waals surface area contributed by atoms with Crippen LogP contribution in [-0.4, -0.2) is 42.9 Å². The number of ether oxygens (including phenoxy) is 1. The van der Waals surface area contributed by atoms with Gasteiger partial charge in [0.1, 0.15) is 5.75 Å². The van der Waals surface area contributed by atoms with E-state index in [2.05, 4.69) is 30.9 Å². The first-order chi connectivity index (χ1) is 8.72. The number of aliphatic hydroxyl groups is 1. The molecule has 3 nitrogen and oxygen atoms in total. The maximum Gasteiger partial charge on any atom is 0.122 e. The Morgan fingerprint density at radius 3 is 2.67 bits per heavy atom. The van der Waals surface area contributed by atoms with Crippen LogP contribution in [-0.2, 0) is 6.42 Å². The summed E-state index contributed by atoms with van der Waals surface area (Å²) in [7, 11) is 1.72. The SMILES string of the molecule is CCN(CCCO)C(C)Cc1ccccc1OC. The Balaban J connectivity index is 2.63. The standard InChI is InChI=1S/C15H25NO2/c1-4-16(10-7-11-17)13(2)12-14-8-5-6-9-15(14)18-3/h5-6,8-9,13,17H,4,7,10-12H2,1-3H3. The number of hydrogen-bond acceptors (Lipinski definition) is 3. The molecule has 18 heavy (non-hydrogen) atoms. The molecule has 102 valence electrons. The van der Waals surface area contributed by atoms with E-state index in [0.717, 1.165) is 31.7 Å². The van der Waals surface area contributed by atoms with Crippen molar-refractivity contribution in [3.63, 3.8) is 0 Å². The van der Waals surface area contributed by atoms with Crippen molar-refractivity contribution in [2.75, 3.05) is 26.8 Å². The van der Waals surface area contributed by atoms with Crippen molar-refractivity contribution in [1.29, 1.82) is 0 Å². The third-order valence-corrected chi connectivity index (χ3v) is 3.34.